The van der Waals surface area contributed by atoms with Crippen molar-refractivity contribution in [1.29, 1.82) is 0 Å². The summed E-state index contributed by atoms with van der Waals surface area (Å²) < 4.78 is 28.1. The molecule has 2 aromatic carbocycles. The monoisotopic (exact) mass is 407 g/mol. The Balaban J connectivity index is 1.79. The molecule has 0 saturated heterocycles. The van der Waals surface area contributed by atoms with Gasteiger partial charge < -0.3 is 0 Å². The molecule has 2 heterocycles. The van der Waals surface area contributed by atoms with Crippen molar-refractivity contribution in [2.75, 3.05) is 0 Å². The van der Waals surface area contributed by atoms with Crippen molar-refractivity contribution < 1.29 is 13.7 Å². The lowest BCUT2D eigenvalue weighted by Gasteiger charge is -2.11. The zero-order valence-electron chi connectivity index (χ0n) is 15.8. The van der Waals surface area contributed by atoms with E-state index in [0.29, 0.717) is 22.5 Å². The molecule has 0 unspecified atom stereocenters. The number of nitro groups is 1. The highest BCUT2D eigenvalue weighted by atomic mass is 19.1. The van der Waals surface area contributed by atoms with Crippen LogP contribution in [0.1, 0.15) is 16.7 Å². The molecule has 0 aliphatic carbocycles. The number of hydrogen-bond donors (Lipinski definition) is 0. The minimum atomic E-state index is -0.665. The minimum absolute atomic E-state index is 0.0420. The van der Waals surface area contributed by atoms with Gasteiger partial charge in [0, 0.05) is 17.5 Å². The molecule has 2 aromatic heterocycles. The molecule has 0 atom stereocenters. The third-order valence-electron chi connectivity index (χ3n) is 4.66. The Morgan fingerprint density at radius 3 is 2.37 bits per heavy atom. The number of nitro benzene ring substituents is 1. The van der Waals surface area contributed by atoms with Crippen LogP contribution in [0.15, 0.2) is 61.1 Å². The Hall–Kier alpha value is -4.01. The summed E-state index contributed by atoms with van der Waals surface area (Å²) in [5.74, 6) is -1.33. The standard InChI is InChI=1S/C21H15F2N5O2/c1-13-9-14(10-16-18(22)3-2-4-19(16)23)11-17(21(13)28(29)30)20-6-5-15(12-24-20)27-25-7-8-26-27/h2-9,11-12H,10H2,1H3. The zero-order valence-corrected chi connectivity index (χ0v) is 15.8. The van der Waals surface area contributed by atoms with Gasteiger partial charge in [-0.25, -0.2) is 8.78 Å². The van der Waals surface area contributed by atoms with Crippen LogP contribution in [0.25, 0.3) is 16.9 Å². The third-order valence-corrected chi connectivity index (χ3v) is 4.66. The molecule has 0 N–H and O–H groups in total. The van der Waals surface area contributed by atoms with Crippen LogP contribution < -0.4 is 0 Å². The molecule has 0 saturated carbocycles. The van der Waals surface area contributed by atoms with Gasteiger partial charge in [-0.1, -0.05) is 6.07 Å². The first-order valence-electron chi connectivity index (χ1n) is 8.98. The predicted molar refractivity (Wildman–Crippen MR) is 105 cm³/mol. The fourth-order valence-corrected chi connectivity index (χ4v) is 3.31. The van der Waals surface area contributed by atoms with E-state index in [2.05, 4.69) is 15.2 Å². The van der Waals surface area contributed by atoms with Crippen molar-refractivity contribution in [2.45, 2.75) is 13.3 Å². The summed E-state index contributed by atoms with van der Waals surface area (Å²) in [4.78, 5) is 16.9. The molecule has 9 heteroatoms. The van der Waals surface area contributed by atoms with Crippen molar-refractivity contribution in [3.05, 3.63) is 99.5 Å². The van der Waals surface area contributed by atoms with E-state index in [1.54, 1.807) is 31.2 Å². The summed E-state index contributed by atoms with van der Waals surface area (Å²) in [7, 11) is 0. The van der Waals surface area contributed by atoms with Gasteiger partial charge in [-0.05, 0) is 48.9 Å². The van der Waals surface area contributed by atoms with E-state index >= 15 is 0 Å². The van der Waals surface area contributed by atoms with Crippen LogP contribution in [0, 0.1) is 28.7 Å². The lowest BCUT2D eigenvalue weighted by molar-refractivity contribution is -0.384. The van der Waals surface area contributed by atoms with E-state index in [1.807, 2.05) is 0 Å². The first-order chi connectivity index (χ1) is 14.4. The summed E-state index contributed by atoms with van der Waals surface area (Å²) in [6, 6.07) is 10.1. The molecule has 0 aliphatic heterocycles. The molecule has 4 rings (SSSR count). The molecule has 4 aromatic rings. The van der Waals surface area contributed by atoms with Crippen molar-refractivity contribution in [2.24, 2.45) is 0 Å². The van der Waals surface area contributed by atoms with Crippen LogP contribution in [-0.4, -0.2) is 24.9 Å². The number of aryl methyl sites for hydroxylation is 1. The lowest BCUT2D eigenvalue weighted by atomic mass is 9.96. The van der Waals surface area contributed by atoms with Gasteiger partial charge in [0.15, 0.2) is 0 Å². The van der Waals surface area contributed by atoms with Crippen LogP contribution in [0.5, 0.6) is 0 Å². The largest absolute Gasteiger partial charge is 0.281 e. The van der Waals surface area contributed by atoms with Gasteiger partial charge in [-0.3, -0.25) is 15.1 Å². The molecule has 0 amide bonds. The van der Waals surface area contributed by atoms with Gasteiger partial charge in [0.05, 0.1) is 34.8 Å². The lowest BCUT2D eigenvalue weighted by Crippen LogP contribution is -2.03. The van der Waals surface area contributed by atoms with E-state index in [0.717, 1.165) is 0 Å². The number of pyridine rings is 1. The average molecular weight is 407 g/mol. The maximum absolute atomic E-state index is 14.1. The van der Waals surface area contributed by atoms with Crippen LogP contribution in [0.3, 0.4) is 0 Å². The van der Waals surface area contributed by atoms with Crippen LogP contribution in [0.4, 0.5) is 14.5 Å². The van der Waals surface area contributed by atoms with Gasteiger partial charge in [-0.15, -0.1) is 0 Å². The van der Waals surface area contributed by atoms with E-state index in [-0.39, 0.29) is 23.2 Å². The first kappa shape index (κ1) is 19.3. The quantitative estimate of drug-likeness (QED) is 0.361. The SMILES string of the molecule is Cc1cc(Cc2c(F)cccc2F)cc(-c2ccc(-n3nccn3)cn2)c1[N+](=O)[O-]. The van der Waals surface area contributed by atoms with Gasteiger partial charge in [-0.2, -0.15) is 15.0 Å². The van der Waals surface area contributed by atoms with Gasteiger partial charge >= 0.3 is 0 Å². The van der Waals surface area contributed by atoms with Crippen LogP contribution in [-0.2, 0) is 6.42 Å². The maximum atomic E-state index is 14.1. The molecule has 30 heavy (non-hydrogen) atoms. The fraction of sp³-hybridized carbons (Fsp3) is 0.0952. The minimum Gasteiger partial charge on any atom is -0.258 e. The number of halogens is 2. The Kier molecular flexibility index (Phi) is 5.01. The van der Waals surface area contributed by atoms with Crippen molar-refractivity contribution in [3.8, 4) is 16.9 Å². The van der Waals surface area contributed by atoms with Crippen molar-refractivity contribution in [3.63, 3.8) is 0 Å². The highest BCUT2D eigenvalue weighted by Gasteiger charge is 2.22. The highest BCUT2D eigenvalue weighted by molar-refractivity contribution is 5.74. The first-order valence-corrected chi connectivity index (χ1v) is 8.98. The second-order valence-electron chi connectivity index (χ2n) is 6.66. The molecule has 150 valence electrons. The molecular weight excluding hydrogens is 392 g/mol. The Morgan fingerprint density at radius 2 is 1.77 bits per heavy atom. The Labute approximate surface area is 169 Å². The summed E-state index contributed by atoms with van der Waals surface area (Å²) >= 11 is 0. The molecule has 7 nitrogen and oxygen atoms in total. The second-order valence-corrected chi connectivity index (χ2v) is 6.66. The van der Waals surface area contributed by atoms with Gasteiger partial charge in [0.2, 0.25) is 0 Å². The zero-order chi connectivity index (χ0) is 21.3. The summed E-state index contributed by atoms with van der Waals surface area (Å²) in [5, 5.41) is 19.7. The molecule has 0 bridgehead atoms. The van der Waals surface area contributed by atoms with E-state index in [4.69, 9.17) is 0 Å². The molecule has 0 fully saturated rings. The maximum Gasteiger partial charge on any atom is 0.281 e. The second kappa shape index (κ2) is 7.78. The van der Waals surface area contributed by atoms with Crippen LogP contribution >= 0.6 is 0 Å². The van der Waals surface area contributed by atoms with Crippen LogP contribution in [0.2, 0.25) is 0 Å². The number of benzene rings is 2. The Bertz CT molecular complexity index is 1200. The molecule has 0 spiro atoms. The van der Waals surface area contributed by atoms with Crippen molar-refractivity contribution in [1.82, 2.24) is 20.0 Å². The Morgan fingerprint density at radius 1 is 1.07 bits per heavy atom. The van der Waals surface area contributed by atoms with Crippen molar-refractivity contribution >= 4 is 5.69 Å². The summed E-state index contributed by atoms with van der Waals surface area (Å²) in [6.45, 7) is 1.59. The topological polar surface area (TPSA) is 86.7 Å². The normalized spacial score (nSPS) is 10.9. The van der Waals surface area contributed by atoms with Gasteiger partial charge in [0.1, 0.15) is 17.3 Å². The van der Waals surface area contributed by atoms with E-state index in [9.17, 15) is 18.9 Å². The average Bonchev–Trinajstić information content (AvgIpc) is 3.25. The highest BCUT2D eigenvalue weighted by Crippen LogP contribution is 2.34. The number of nitrogens with zero attached hydrogens (tertiary/aromatic N) is 5. The molecular formula is C21H15F2N5O2. The fourth-order valence-electron chi connectivity index (χ4n) is 3.31. The predicted octanol–water partition coefficient (Wildman–Crippen LogP) is 4.41. The number of hydrogen-bond acceptors (Lipinski definition) is 5. The van der Waals surface area contributed by atoms with Gasteiger partial charge in [0.25, 0.3) is 5.69 Å². The number of aromatic nitrogens is 4. The van der Waals surface area contributed by atoms with E-state index < -0.39 is 16.6 Å². The summed E-state index contributed by atoms with van der Waals surface area (Å²) in [6.07, 6.45) is 4.50. The smallest absolute Gasteiger partial charge is 0.258 e. The molecule has 0 aliphatic rings. The summed E-state index contributed by atoms with van der Waals surface area (Å²) in [5.41, 5.74) is 1.94. The van der Waals surface area contributed by atoms with E-state index in [1.165, 1.54) is 41.6 Å². The molecule has 0 radical (unpaired) electrons. The number of rotatable bonds is 5. The third kappa shape index (κ3) is 3.64.